The number of pyridine rings is 1. The van der Waals surface area contributed by atoms with E-state index in [1.165, 1.54) is 6.20 Å². The van der Waals surface area contributed by atoms with Crippen LogP contribution in [0.3, 0.4) is 0 Å². The summed E-state index contributed by atoms with van der Waals surface area (Å²) >= 11 is 0. The van der Waals surface area contributed by atoms with Crippen molar-refractivity contribution in [3.05, 3.63) is 65.5 Å². The number of hydrogen-bond donors (Lipinski definition) is 0. The van der Waals surface area contributed by atoms with Crippen LogP contribution in [0.1, 0.15) is 34.5 Å². The highest BCUT2D eigenvalue weighted by atomic mass is 16.5. The Bertz CT molecular complexity index is 537. The summed E-state index contributed by atoms with van der Waals surface area (Å²) in [5.74, 6) is -0.348. The predicted octanol–water partition coefficient (Wildman–Crippen LogP) is 3.31. The van der Waals surface area contributed by atoms with Crippen LogP contribution in [0.5, 0.6) is 0 Å². The molecule has 0 fully saturated rings. The largest absolute Gasteiger partial charge is 0.454 e. The summed E-state index contributed by atoms with van der Waals surface area (Å²) in [6, 6.07) is 11.3. The first-order chi connectivity index (χ1) is 8.68. The molecule has 0 unspecified atom stereocenters. The number of carbonyl (C=O) groups is 1. The zero-order valence-electron chi connectivity index (χ0n) is 10.5. The third-order valence-corrected chi connectivity index (χ3v) is 2.81. The minimum atomic E-state index is -0.348. The van der Waals surface area contributed by atoms with Crippen LogP contribution in [0.15, 0.2) is 48.8 Å². The Morgan fingerprint density at radius 3 is 2.67 bits per heavy atom. The maximum absolute atomic E-state index is 11.9. The molecule has 18 heavy (non-hydrogen) atoms. The van der Waals surface area contributed by atoms with Crippen LogP contribution in [0, 0.1) is 6.92 Å². The molecule has 0 saturated heterocycles. The topological polar surface area (TPSA) is 39.2 Å². The second-order valence-corrected chi connectivity index (χ2v) is 4.15. The van der Waals surface area contributed by atoms with E-state index in [1.54, 1.807) is 18.3 Å². The van der Waals surface area contributed by atoms with Gasteiger partial charge in [0, 0.05) is 12.4 Å². The van der Waals surface area contributed by atoms with E-state index in [9.17, 15) is 4.79 Å². The molecule has 92 valence electrons. The van der Waals surface area contributed by atoms with Crippen molar-refractivity contribution in [1.29, 1.82) is 0 Å². The number of benzene rings is 1. The van der Waals surface area contributed by atoms with E-state index < -0.39 is 0 Å². The Labute approximate surface area is 106 Å². The van der Waals surface area contributed by atoms with Crippen molar-refractivity contribution in [1.82, 2.24) is 4.98 Å². The Morgan fingerprint density at radius 2 is 2.00 bits per heavy atom. The predicted molar refractivity (Wildman–Crippen MR) is 69.2 cm³/mol. The van der Waals surface area contributed by atoms with Crippen molar-refractivity contribution in [2.75, 3.05) is 0 Å². The summed E-state index contributed by atoms with van der Waals surface area (Å²) < 4.78 is 5.42. The van der Waals surface area contributed by atoms with Crippen LogP contribution < -0.4 is 0 Å². The SMILES string of the molecule is Cc1ccccc1[C@@H](C)OC(=O)c1cccnc1. The standard InChI is InChI=1S/C15H15NO2/c1-11-6-3-4-8-14(11)12(2)18-15(17)13-7-5-9-16-10-13/h3-10,12H,1-2H3/t12-/m1/s1. The minimum absolute atomic E-state index is 0.265. The molecule has 1 aromatic heterocycles. The number of aryl methyl sites for hydroxylation is 1. The normalized spacial score (nSPS) is 11.9. The van der Waals surface area contributed by atoms with Crippen LogP contribution in [0.25, 0.3) is 0 Å². The molecule has 0 amide bonds. The van der Waals surface area contributed by atoms with Gasteiger partial charge in [0.05, 0.1) is 5.56 Å². The molecule has 1 atom stereocenters. The molecular formula is C15H15NO2. The molecule has 0 radical (unpaired) electrons. The molecule has 1 heterocycles. The fourth-order valence-corrected chi connectivity index (χ4v) is 1.82. The van der Waals surface area contributed by atoms with Crippen molar-refractivity contribution >= 4 is 5.97 Å². The highest BCUT2D eigenvalue weighted by molar-refractivity contribution is 5.89. The van der Waals surface area contributed by atoms with E-state index in [4.69, 9.17) is 4.74 Å². The average molecular weight is 241 g/mol. The van der Waals surface area contributed by atoms with E-state index in [2.05, 4.69) is 4.98 Å². The van der Waals surface area contributed by atoms with Gasteiger partial charge in [-0.1, -0.05) is 24.3 Å². The highest BCUT2D eigenvalue weighted by Gasteiger charge is 2.14. The fourth-order valence-electron chi connectivity index (χ4n) is 1.82. The summed E-state index contributed by atoms with van der Waals surface area (Å²) in [5, 5.41) is 0. The van der Waals surface area contributed by atoms with Gasteiger partial charge in [-0.05, 0) is 37.1 Å². The van der Waals surface area contributed by atoms with Gasteiger partial charge < -0.3 is 4.74 Å². The van der Waals surface area contributed by atoms with Gasteiger partial charge in [-0.25, -0.2) is 4.79 Å². The van der Waals surface area contributed by atoms with Crippen molar-refractivity contribution in [3.8, 4) is 0 Å². The number of nitrogens with zero attached hydrogens (tertiary/aromatic N) is 1. The van der Waals surface area contributed by atoms with E-state index in [1.807, 2.05) is 38.1 Å². The van der Waals surface area contributed by atoms with E-state index in [0.29, 0.717) is 5.56 Å². The van der Waals surface area contributed by atoms with E-state index >= 15 is 0 Å². The molecule has 3 heteroatoms. The summed E-state index contributed by atoms with van der Waals surface area (Å²) in [5.41, 5.74) is 2.61. The van der Waals surface area contributed by atoms with Crippen LogP contribution in [-0.4, -0.2) is 11.0 Å². The van der Waals surface area contributed by atoms with Gasteiger partial charge in [0.15, 0.2) is 0 Å². The van der Waals surface area contributed by atoms with Crippen molar-refractivity contribution in [2.45, 2.75) is 20.0 Å². The Balaban J connectivity index is 2.11. The molecule has 0 spiro atoms. The lowest BCUT2D eigenvalue weighted by Gasteiger charge is -2.15. The monoisotopic (exact) mass is 241 g/mol. The smallest absolute Gasteiger partial charge is 0.340 e. The number of hydrogen-bond acceptors (Lipinski definition) is 3. The second-order valence-electron chi connectivity index (χ2n) is 4.15. The molecule has 2 aromatic rings. The van der Waals surface area contributed by atoms with Crippen LogP contribution >= 0.6 is 0 Å². The zero-order valence-corrected chi connectivity index (χ0v) is 10.5. The van der Waals surface area contributed by atoms with Gasteiger partial charge in [0.1, 0.15) is 6.10 Å². The van der Waals surface area contributed by atoms with Gasteiger partial charge in [-0.15, -0.1) is 0 Å². The molecule has 0 aliphatic heterocycles. The number of aromatic nitrogens is 1. The Hall–Kier alpha value is -2.16. The van der Waals surface area contributed by atoms with Gasteiger partial charge >= 0.3 is 5.97 Å². The molecule has 0 aliphatic rings. The molecular weight excluding hydrogens is 226 g/mol. The molecule has 1 aromatic carbocycles. The lowest BCUT2D eigenvalue weighted by atomic mass is 10.0. The maximum Gasteiger partial charge on any atom is 0.340 e. The quantitative estimate of drug-likeness (QED) is 0.774. The fraction of sp³-hybridized carbons (Fsp3) is 0.200. The lowest BCUT2D eigenvalue weighted by Crippen LogP contribution is -2.10. The zero-order chi connectivity index (χ0) is 13.0. The second kappa shape index (κ2) is 5.45. The summed E-state index contributed by atoms with van der Waals surface area (Å²) in [6.45, 7) is 3.88. The molecule has 0 bridgehead atoms. The summed E-state index contributed by atoms with van der Waals surface area (Å²) in [4.78, 5) is 15.8. The number of ether oxygens (including phenoxy) is 1. The average Bonchev–Trinajstić information content (AvgIpc) is 2.40. The summed E-state index contributed by atoms with van der Waals surface area (Å²) in [7, 11) is 0. The number of carbonyl (C=O) groups excluding carboxylic acids is 1. The first-order valence-electron chi connectivity index (χ1n) is 5.85. The van der Waals surface area contributed by atoms with Gasteiger partial charge in [0.25, 0.3) is 0 Å². The van der Waals surface area contributed by atoms with Crippen LogP contribution in [0.2, 0.25) is 0 Å². The Morgan fingerprint density at radius 1 is 1.22 bits per heavy atom. The first kappa shape index (κ1) is 12.3. The summed E-state index contributed by atoms with van der Waals surface area (Å²) in [6.07, 6.45) is 2.87. The molecule has 0 N–H and O–H groups in total. The van der Waals surface area contributed by atoms with Gasteiger partial charge in [0.2, 0.25) is 0 Å². The molecule has 3 nitrogen and oxygen atoms in total. The van der Waals surface area contributed by atoms with Crippen molar-refractivity contribution < 1.29 is 9.53 Å². The van der Waals surface area contributed by atoms with Crippen LogP contribution in [0.4, 0.5) is 0 Å². The lowest BCUT2D eigenvalue weighted by molar-refractivity contribution is 0.0336. The molecule has 0 aliphatic carbocycles. The van der Waals surface area contributed by atoms with Gasteiger partial charge in [-0.3, -0.25) is 4.98 Å². The third-order valence-electron chi connectivity index (χ3n) is 2.81. The van der Waals surface area contributed by atoms with Crippen molar-refractivity contribution in [3.63, 3.8) is 0 Å². The molecule has 2 rings (SSSR count). The number of esters is 1. The van der Waals surface area contributed by atoms with E-state index in [-0.39, 0.29) is 12.1 Å². The minimum Gasteiger partial charge on any atom is -0.454 e. The molecule has 0 saturated carbocycles. The third kappa shape index (κ3) is 2.74. The Kier molecular flexibility index (Phi) is 3.72. The number of rotatable bonds is 3. The first-order valence-corrected chi connectivity index (χ1v) is 5.85. The van der Waals surface area contributed by atoms with Gasteiger partial charge in [-0.2, -0.15) is 0 Å². The maximum atomic E-state index is 11.9. The highest BCUT2D eigenvalue weighted by Crippen LogP contribution is 2.21. The van der Waals surface area contributed by atoms with Crippen molar-refractivity contribution in [2.24, 2.45) is 0 Å². The van der Waals surface area contributed by atoms with Crippen LogP contribution in [-0.2, 0) is 4.74 Å². The van der Waals surface area contributed by atoms with E-state index in [0.717, 1.165) is 11.1 Å².